The predicted octanol–water partition coefficient (Wildman–Crippen LogP) is 1.47. The Bertz CT molecular complexity index is 1160. The Morgan fingerprint density at radius 2 is 1.60 bits per heavy atom. The summed E-state index contributed by atoms with van der Waals surface area (Å²) >= 11 is 0. The number of rotatable bonds is 4. The van der Waals surface area contributed by atoms with Crippen LogP contribution in [0.4, 0.5) is 0 Å². The third-order valence-electron chi connectivity index (χ3n) is 4.47. The monoisotopic (exact) mass is 407 g/mol. The van der Waals surface area contributed by atoms with Gasteiger partial charge < -0.3 is 19.9 Å². The maximum absolute atomic E-state index is 12.3. The molecule has 0 saturated heterocycles. The summed E-state index contributed by atoms with van der Waals surface area (Å²) in [7, 11) is 0. The van der Waals surface area contributed by atoms with Gasteiger partial charge in [-0.3, -0.25) is 25.2 Å². The fourth-order valence-corrected chi connectivity index (χ4v) is 2.95. The second kappa shape index (κ2) is 8.00. The average Bonchev–Trinajstić information content (AvgIpc) is 3.23. The number of benzene rings is 3. The summed E-state index contributed by atoms with van der Waals surface area (Å²) < 4.78 is 10.4. The number of hydrogen-bond acceptors (Lipinski definition) is 6. The number of amides is 3. The Hall–Kier alpha value is -4.27. The maximum atomic E-state index is 12.3. The second-order valence-electron chi connectivity index (χ2n) is 6.47. The van der Waals surface area contributed by atoms with E-state index in [0.717, 1.165) is 10.8 Å². The highest BCUT2D eigenvalue weighted by molar-refractivity contribution is 6.02. The Morgan fingerprint density at radius 1 is 0.867 bits per heavy atom. The Balaban J connectivity index is 1.31. The molecule has 1 aliphatic heterocycles. The highest BCUT2D eigenvalue weighted by Crippen LogP contribution is 2.32. The highest BCUT2D eigenvalue weighted by atomic mass is 16.7. The van der Waals surface area contributed by atoms with Crippen LogP contribution in [0.5, 0.6) is 17.2 Å². The summed E-state index contributed by atoms with van der Waals surface area (Å²) in [6.45, 7) is -0.271. The van der Waals surface area contributed by atoms with Crippen LogP contribution < -0.4 is 25.6 Å². The van der Waals surface area contributed by atoms with Crippen molar-refractivity contribution in [3.05, 3.63) is 65.7 Å². The van der Waals surface area contributed by atoms with Crippen LogP contribution in [0.15, 0.2) is 54.6 Å². The summed E-state index contributed by atoms with van der Waals surface area (Å²) in [6, 6.07) is 14.9. The van der Waals surface area contributed by atoms with Gasteiger partial charge in [-0.15, -0.1) is 0 Å². The Kier molecular flexibility index (Phi) is 5.08. The van der Waals surface area contributed by atoms with Crippen LogP contribution >= 0.6 is 0 Å². The summed E-state index contributed by atoms with van der Waals surface area (Å²) in [5.74, 6) is -1.02. The first kappa shape index (κ1) is 19.1. The van der Waals surface area contributed by atoms with Crippen molar-refractivity contribution in [2.75, 3.05) is 13.3 Å². The SMILES string of the molecule is O=C(CNC(=O)c1ccc2c(c1)OCO2)NNC(=O)c1cc2ccccc2cc1O. The van der Waals surface area contributed by atoms with Gasteiger partial charge in [0.05, 0.1) is 12.1 Å². The summed E-state index contributed by atoms with van der Waals surface area (Å²) in [6.07, 6.45) is 0. The minimum atomic E-state index is -0.686. The molecular weight excluding hydrogens is 390 g/mol. The Morgan fingerprint density at radius 3 is 2.40 bits per heavy atom. The van der Waals surface area contributed by atoms with E-state index in [1.54, 1.807) is 24.3 Å². The van der Waals surface area contributed by atoms with Gasteiger partial charge in [-0.1, -0.05) is 24.3 Å². The Labute approximate surface area is 170 Å². The topological polar surface area (TPSA) is 126 Å². The van der Waals surface area contributed by atoms with Crippen LogP contribution in [0, 0.1) is 0 Å². The maximum Gasteiger partial charge on any atom is 0.273 e. The lowest BCUT2D eigenvalue weighted by Crippen LogP contribution is -2.46. The fourth-order valence-electron chi connectivity index (χ4n) is 2.95. The third-order valence-corrected chi connectivity index (χ3v) is 4.47. The first-order valence-electron chi connectivity index (χ1n) is 9.00. The molecule has 1 heterocycles. The van der Waals surface area contributed by atoms with Gasteiger partial charge in [0.25, 0.3) is 17.7 Å². The molecule has 0 aromatic heterocycles. The van der Waals surface area contributed by atoms with Crippen molar-refractivity contribution < 1.29 is 29.0 Å². The minimum absolute atomic E-state index is 0.0124. The van der Waals surface area contributed by atoms with Gasteiger partial charge in [-0.2, -0.15) is 0 Å². The smallest absolute Gasteiger partial charge is 0.273 e. The van der Waals surface area contributed by atoms with Crippen molar-refractivity contribution in [2.24, 2.45) is 0 Å². The van der Waals surface area contributed by atoms with Crippen LogP contribution in [0.2, 0.25) is 0 Å². The standard InChI is InChI=1S/C21H17N3O6/c25-16-8-13-4-2-1-3-12(13)7-15(16)21(28)24-23-19(26)10-22-20(27)14-5-6-17-18(9-14)30-11-29-17/h1-9,25H,10-11H2,(H,22,27)(H,23,26)(H,24,28). The second-order valence-corrected chi connectivity index (χ2v) is 6.47. The van der Waals surface area contributed by atoms with Gasteiger partial charge in [0.15, 0.2) is 11.5 Å². The number of nitrogens with one attached hydrogen (secondary N) is 3. The van der Waals surface area contributed by atoms with E-state index in [1.807, 2.05) is 12.1 Å². The molecule has 30 heavy (non-hydrogen) atoms. The van der Waals surface area contributed by atoms with Gasteiger partial charge >= 0.3 is 0 Å². The number of fused-ring (bicyclic) bond motifs is 2. The molecule has 4 N–H and O–H groups in total. The van der Waals surface area contributed by atoms with Gasteiger partial charge in [0.2, 0.25) is 6.79 Å². The zero-order valence-electron chi connectivity index (χ0n) is 15.6. The van der Waals surface area contributed by atoms with Crippen molar-refractivity contribution in [1.82, 2.24) is 16.2 Å². The molecule has 0 atom stereocenters. The van der Waals surface area contributed by atoms with E-state index in [2.05, 4.69) is 16.2 Å². The molecule has 0 radical (unpaired) electrons. The number of hydrogen-bond donors (Lipinski definition) is 4. The average molecular weight is 407 g/mol. The molecule has 152 valence electrons. The molecule has 0 fully saturated rings. The van der Waals surface area contributed by atoms with Crippen molar-refractivity contribution in [3.63, 3.8) is 0 Å². The van der Waals surface area contributed by atoms with Crippen molar-refractivity contribution in [2.45, 2.75) is 0 Å². The molecule has 9 heteroatoms. The quantitative estimate of drug-likeness (QED) is 0.485. The molecule has 0 spiro atoms. The molecule has 1 aliphatic rings. The van der Waals surface area contributed by atoms with Gasteiger partial charge in [-0.05, 0) is 41.1 Å². The molecule has 0 bridgehead atoms. The number of ether oxygens (including phenoxy) is 2. The van der Waals surface area contributed by atoms with E-state index in [0.29, 0.717) is 17.1 Å². The van der Waals surface area contributed by atoms with Crippen LogP contribution in [-0.2, 0) is 4.79 Å². The summed E-state index contributed by atoms with van der Waals surface area (Å²) in [5.41, 5.74) is 4.73. The molecule has 0 saturated carbocycles. The normalized spacial score (nSPS) is 11.7. The molecule has 0 unspecified atom stereocenters. The number of carbonyl (C=O) groups excluding carboxylic acids is 3. The lowest BCUT2D eigenvalue weighted by Gasteiger charge is -2.10. The number of hydrazine groups is 1. The van der Waals surface area contributed by atoms with Crippen molar-refractivity contribution >= 4 is 28.5 Å². The first-order valence-corrected chi connectivity index (χ1v) is 9.00. The lowest BCUT2D eigenvalue weighted by atomic mass is 10.1. The molecule has 3 aromatic rings. The predicted molar refractivity (Wildman–Crippen MR) is 106 cm³/mol. The number of aromatic hydroxyl groups is 1. The van der Waals surface area contributed by atoms with E-state index in [9.17, 15) is 19.5 Å². The van der Waals surface area contributed by atoms with E-state index >= 15 is 0 Å². The summed E-state index contributed by atoms with van der Waals surface area (Å²) in [4.78, 5) is 36.4. The lowest BCUT2D eigenvalue weighted by molar-refractivity contribution is -0.120. The van der Waals surface area contributed by atoms with E-state index < -0.39 is 17.7 Å². The molecule has 9 nitrogen and oxygen atoms in total. The molecule has 3 amide bonds. The first-order chi connectivity index (χ1) is 14.5. The van der Waals surface area contributed by atoms with Gasteiger partial charge in [0.1, 0.15) is 5.75 Å². The number of phenols is 1. The van der Waals surface area contributed by atoms with Crippen molar-refractivity contribution in [3.8, 4) is 17.2 Å². The molecule has 4 rings (SSSR count). The third kappa shape index (κ3) is 3.95. The van der Waals surface area contributed by atoms with Gasteiger partial charge in [-0.25, -0.2) is 0 Å². The van der Waals surface area contributed by atoms with Gasteiger partial charge in [0, 0.05) is 5.56 Å². The summed E-state index contributed by atoms with van der Waals surface area (Å²) in [5, 5.41) is 14.1. The fraction of sp³-hybridized carbons (Fsp3) is 0.0952. The van der Waals surface area contributed by atoms with E-state index in [4.69, 9.17) is 9.47 Å². The van der Waals surface area contributed by atoms with E-state index in [1.165, 1.54) is 18.2 Å². The molecule has 3 aromatic carbocycles. The van der Waals surface area contributed by atoms with Crippen LogP contribution in [-0.4, -0.2) is 36.2 Å². The van der Waals surface area contributed by atoms with Crippen molar-refractivity contribution in [1.29, 1.82) is 0 Å². The number of carbonyl (C=O) groups is 3. The zero-order valence-corrected chi connectivity index (χ0v) is 15.6. The zero-order chi connectivity index (χ0) is 21.1. The van der Waals surface area contributed by atoms with Crippen LogP contribution in [0.25, 0.3) is 10.8 Å². The largest absolute Gasteiger partial charge is 0.507 e. The molecular formula is C21H17N3O6. The van der Waals surface area contributed by atoms with Crippen LogP contribution in [0.3, 0.4) is 0 Å². The highest BCUT2D eigenvalue weighted by Gasteiger charge is 2.17. The van der Waals surface area contributed by atoms with Crippen LogP contribution in [0.1, 0.15) is 20.7 Å². The number of phenolic OH excluding ortho intramolecular Hbond substituents is 1. The minimum Gasteiger partial charge on any atom is -0.507 e. The molecule has 0 aliphatic carbocycles. The van der Waals surface area contributed by atoms with E-state index in [-0.39, 0.29) is 24.7 Å².